The number of carboxylic acid groups (broad SMARTS) is 1. The Morgan fingerprint density at radius 1 is 1.15 bits per heavy atom. The fourth-order valence-electron chi connectivity index (χ4n) is 3.58. The molecule has 1 aliphatic rings. The Balaban J connectivity index is 1.65. The molecule has 1 fully saturated rings. The molecule has 0 aliphatic heterocycles. The minimum Gasteiger partial charge on any atom is -0.491 e. The van der Waals surface area contributed by atoms with E-state index in [1.165, 1.54) is 43.4 Å². The predicted octanol–water partition coefficient (Wildman–Crippen LogP) is 4.85. The molecule has 1 aromatic heterocycles. The zero-order valence-electron chi connectivity index (χ0n) is 15.5. The SMILES string of the molecule is O=C(O)CCCCOc1c(C(=O)NCC2CCCCC2)sc2ccccc12. The molecule has 2 aromatic rings. The fourth-order valence-corrected chi connectivity index (χ4v) is 4.64. The van der Waals surface area contributed by atoms with E-state index in [4.69, 9.17) is 9.84 Å². The summed E-state index contributed by atoms with van der Waals surface area (Å²) < 4.78 is 6.97. The summed E-state index contributed by atoms with van der Waals surface area (Å²) in [4.78, 5) is 24.0. The average Bonchev–Trinajstić information content (AvgIpc) is 3.05. The first-order chi connectivity index (χ1) is 13.1. The second kappa shape index (κ2) is 9.74. The number of hydrogen-bond acceptors (Lipinski definition) is 4. The van der Waals surface area contributed by atoms with E-state index in [0.717, 1.165) is 16.6 Å². The highest BCUT2D eigenvalue weighted by Crippen LogP contribution is 2.38. The highest BCUT2D eigenvalue weighted by molar-refractivity contribution is 7.21. The summed E-state index contributed by atoms with van der Waals surface area (Å²) in [6.45, 7) is 1.14. The van der Waals surface area contributed by atoms with E-state index in [-0.39, 0.29) is 12.3 Å². The second-order valence-electron chi connectivity index (χ2n) is 7.17. The van der Waals surface area contributed by atoms with Gasteiger partial charge in [-0.25, -0.2) is 0 Å². The zero-order chi connectivity index (χ0) is 19.1. The van der Waals surface area contributed by atoms with Crippen molar-refractivity contribution in [1.82, 2.24) is 5.32 Å². The van der Waals surface area contributed by atoms with Gasteiger partial charge in [-0.3, -0.25) is 9.59 Å². The highest BCUT2D eigenvalue weighted by atomic mass is 32.1. The van der Waals surface area contributed by atoms with Crippen molar-refractivity contribution in [2.45, 2.75) is 51.4 Å². The van der Waals surface area contributed by atoms with E-state index in [2.05, 4.69) is 5.32 Å². The number of carbonyl (C=O) groups excluding carboxylic acids is 1. The van der Waals surface area contributed by atoms with Crippen molar-refractivity contribution in [2.24, 2.45) is 5.92 Å². The lowest BCUT2D eigenvalue weighted by atomic mass is 9.89. The first-order valence-corrected chi connectivity index (χ1v) is 10.6. The van der Waals surface area contributed by atoms with Crippen molar-refractivity contribution in [1.29, 1.82) is 0 Å². The Bertz CT molecular complexity index is 780. The van der Waals surface area contributed by atoms with Crippen LogP contribution in [0.4, 0.5) is 0 Å². The molecule has 1 heterocycles. The number of hydrogen-bond donors (Lipinski definition) is 2. The predicted molar refractivity (Wildman–Crippen MR) is 108 cm³/mol. The quantitative estimate of drug-likeness (QED) is 0.602. The van der Waals surface area contributed by atoms with E-state index in [1.54, 1.807) is 0 Å². The number of nitrogens with one attached hydrogen (secondary N) is 1. The molecule has 146 valence electrons. The lowest BCUT2D eigenvalue weighted by Gasteiger charge is -2.21. The maximum absolute atomic E-state index is 12.8. The van der Waals surface area contributed by atoms with Gasteiger partial charge in [0.1, 0.15) is 4.88 Å². The van der Waals surface area contributed by atoms with Crippen molar-refractivity contribution in [3.8, 4) is 5.75 Å². The average molecular weight is 390 g/mol. The maximum atomic E-state index is 12.8. The van der Waals surface area contributed by atoms with Crippen molar-refractivity contribution in [3.63, 3.8) is 0 Å². The third kappa shape index (κ3) is 5.45. The third-order valence-electron chi connectivity index (χ3n) is 5.06. The van der Waals surface area contributed by atoms with E-state index < -0.39 is 5.97 Å². The normalized spacial score (nSPS) is 15.0. The Labute approximate surface area is 163 Å². The smallest absolute Gasteiger partial charge is 0.303 e. The van der Waals surface area contributed by atoms with Gasteiger partial charge >= 0.3 is 5.97 Å². The molecular weight excluding hydrogens is 362 g/mol. The van der Waals surface area contributed by atoms with Gasteiger partial charge in [0.05, 0.1) is 6.61 Å². The molecule has 1 amide bonds. The minimum absolute atomic E-state index is 0.0673. The number of thiophene rings is 1. The lowest BCUT2D eigenvalue weighted by Crippen LogP contribution is -2.30. The van der Waals surface area contributed by atoms with Gasteiger partial charge in [-0.1, -0.05) is 31.4 Å². The molecule has 1 aromatic carbocycles. The monoisotopic (exact) mass is 389 g/mol. The standard InChI is InChI=1S/C21H27NO4S/c23-18(24)12-6-7-13-26-19-16-10-4-5-11-17(16)27-20(19)21(25)22-14-15-8-2-1-3-9-15/h4-5,10-11,15H,1-3,6-9,12-14H2,(H,22,25)(H,23,24). The number of aliphatic carboxylic acids is 1. The van der Waals surface area contributed by atoms with Gasteiger partial charge in [-0.2, -0.15) is 0 Å². The molecule has 0 atom stereocenters. The summed E-state index contributed by atoms with van der Waals surface area (Å²) in [6, 6.07) is 7.86. The zero-order valence-corrected chi connectivity index (χ0v) is 16.4. The van der Waals surface area contributed by atoms with Crippen molar-refractivity contribution in [3.05, 3.63) is 29.1 Å². The van der Waals surface area contributed by atoms with Crippen LogP contribution in [0, 0.1) is 5.92 Å². The van der Waals surface area contributed by atoms with Gasteiger partial charge in [0, 0.05) is 23.1 Å². The molecule has 0 radical (unpaired) electrons. The number of amides is 1. The minimum atomic E-state index is -0.793. The first kappa shape index (κ1) is 19.7. The number of carboxylic acids is 1. The summed E-state index contributed by atoms with van der Waals surface area (Å²) in [5, 5.41) is 12.8. The number of rotatable bonds is 9. The van der Waals surface area contributed by atoms with Crippen LogP contribution in [0.5, 0.6) is 5.75 Å². The number of unbranched alkanes of at least 4 members (excludes halogenated alkanes) is 1. The molecule has 5 nitrogen and oxygen atoms in total. The third-order valence-corrected chi connectivity index (χ3v) is 6.21. The number of fused-ring (bicyclic) bond motifs is 1. The van der Waals surface area contributed by atoms with Gasteiger partial charge in [0.2, 0.25) is 0 Å². The Morgan fingerprint density at radius 2 is 1.93 bits per heavy atom. The maximum Gasteiger partial charge on any atom is 0.303 e. The summed E-state index contributed by atoms with van der Waals surface area (Å²) in [6.07, 6.45) is 7.57. The fraction of sp³-hybridized carbons (Fsp3) is 0.524. The van der Waals surface area contributed by atoms with Crippen LogP contribution in [-0.2, 0) is 4.79 Å². The summed E-state index contributed by atoms with van der Waals surface area (Å²) in [5.74, 6) is 0.352. The molecular formula is C21H27NO4S. The Hall–Kier alpha value is -2.08. The van der Waals surface area contributed by atoms with Gasteiger partial charge < -0.3 is 15.2 Å². The number of benzene rings is 1. The molecule has 0 spiro atoms. The van der Waals surface area contributed by atoms with Crippen LogP contribution in [0.1, 0.15) is 61.0 Å². The van der Waals surface area contributed by atoms with Crippen LogP contribution in [0.25, 0.3) is 10.1 Å². The van der Waals surface area contributed by atoms with Gasteiger partial charge in [-0.05, 0) is 43.7 Å². The van der Waals surface area contributed by atoms with Crippen LogP contribution < -0.4 is 10.1 Å². The second-order valence-corrected chi connectivity index (χ2v) is 8.22. The first-order valence-electron chi connectivity index (χ1n) is 9.79. The molecule has 0 unspecified atom stereocenters. The van der Waals surface area contributed by atoms with Crippen LogP contribution >= 0.6 is 11.3 Å². The summed E-state index contributed by atoms with van der Waals surface area (Å²) in [7, 11) is 0. The largest absolute Gasteiger partial charge is 0.491 e. The van der Waals surface area contributed by atoms with E-state index in [9.17, 15) is 9.59 Å². The Morgan fingerprint density at radius 3 is 2.70 bits per heavy atom. The van der Waals surface area contributed by atoms with Crippen LogP contribution in [0.2, 0.25) is 0 Å². The van der Waals surface area contributed by atoms with Gasteiger partial charge in [0.15, 0.2) is 5.75 Å². The summed E-state index contributed by atoms with van der Waals surface area (Å²) in [5.41, 5.74) is 0. The summed E-state index contributed by atoms with van der Waals surface area (Å²) >= 11 is 1.46. The van der Waals surface area contributed by atoms with Gasteiger partial charge in [-0.15, -0.1) is 11.3 Å². The van der Waals surface area contributed by atoms with Crippen LogP contribution in [0.3, 0.4) is 0 Å². The van der Waals surface area contributed by atoms with E-state index in [0.29, 0.717) is 36.0 Å². The molecule has 3 rings (SSSR count). The lowest BCUT2D eigenvalue weighted by molar-refractivity contribution is -0.137. The molecule has 27 heavy (non-hydrogen) atoms. The van der Waals surface area contributed by atoms with Crippen molar-refractivity contribution >= 4 is 33.3 Å². The topological polar surface area (TPSA) is 75.6 Å². The van der Waals surface area contributed by atoms with Crippen LogP contribution in [0.15, 0.2) is 24.3 Å². The van der Waals surface area contributed by atoms with E-state index >= 15 is 0 Å². The van der Waals surface area contributed by atoms with Crippen LogP contribution in [-0.4, -0.2) is 30.1 Å². The molecule has 0 saturated heterocycles. The van der Waals surface area contributed by atoms with E-state index in [1.807, 2.05) is 24.3 Å². The molecule has 0 bridgehead atoms. The van der Waals surface area contributed by atoms with Crippen molar-refractivity contribution in [2.75, 3.05) is 13.2 Å². The molecule has 2 N–H and O–H groups in total. The molecule has 6 heteroatoms. The number of carbonyl (C=O) groups is 2. The molecule has 1 saturated carbocycles. The molecule has 1 aliphatic carbocycles. The number of ether oxygens (including phenoxy) is 1. The van der Waals surface area contributed by atoms with Gasteiger partial charge in [0.25, 0.3) is 5.91 Å². The van der Waals surface area contributed by atoms with Crippen molar-refractivity contribution < 1.29 is 19.4 Å². The highest BCUT2D eigenvalue weighted by Gasteiger charge is 2.21. The Kier molecular flexibility index (Phi) is 7.10.